The Hall–Kier alpha value is -6.91. The van der Waals surface area contributed by atoms with E-state index in [-0.39, 0.29) is 48.7 Å². The molecule has 356 valence electrons. The van der Waals surface area contributed by atoms with Crippen LogP contribution in [0.4, 0.5) is 0 Å². The van der Waals surface area contributed by atoms with Crippen LogP contribution in [-0.4, -0.2) is 130 Å². The average Bonchev–Trinajstić information content (AvgIpc) is 3.25. The minimum absolute atomic E-state index is 0.00960. The number of carboxylic acid groups (broad SMARTS) is 2. The lowest BCUT2D eigenvalue weighted by Crippen LogP contribution is -2.60. The van der Waals surface area contributed by atoms with Crippen molar-refractivity contribution in [2.45, 2.75) is 102 Å². The van der Waals surface area contributed by atoms with E-state index in [0.717, 1.165) is 0 Å². The van der Waals surface area contributed by atoms with E-state index >= 15 is 0 Å². The molecule has 22 nitrogen and oxygen atoms in total. The lowest BCUT2D eigenvalue weighted by molar-refractivity contribution is -0.139. The standard InChI is InChI=1S/C42H58N8O14S/c1-22(2)19-31(41(62)48-30(14-7-24-5-10-26(51)11-6-24)40(61)47-28(36(43)57)15-17-34(53)54)49-42(63)32(21-65)50-39(60)29(16-18-35(55)56)46-33(52)20-44-37(58)23(3)45-38(59)25-8-12-27(64-4)13-9-25/h5-6,8-13,22-23,28-32,51,65H,7,14-21H2,1-4H3,(H2,43,57)(H,44,58)(H,45,59)(H,46,52)(H,47,61)(H,48,62)(H,49,63)(H,50,60)(H,53,54)(H,55,56)/t23-,28-,29-,30-,31-,32-/m0/s1. The zero-order valence-corrected chi connectivity index (χ0v) is 37.3. The Bertz CT molecular complexity index is 2000. The van der Waals surface area contributed by atoms with Crippen molar-refractivity contribution in [3.63, 3.8) is 0 Å². The van der Waals surface area contributed by atoms with Crippen molar-refractivity contribution in [2.24, 2.45) is 11.7 Å². The molecule has 0 bridgehead atoms. The van der Waals surface area contributed by atoms with Gasteiger partial charge in [-0.2, -0.15) is 12.6 Å². The maximum atomic E-state index is 13.8. The molecule has 0 radical (unpaired) electrons. The van der Waals surface area contributed by atoms with Gasteiger partial charge in [0.25, 0.3) is 5.91 Å². The smallest absolute Gasteiger partial charge is 0.303 e. The van der Waals surface area contributed by atoms with E-state index in [9.17, 15) is 58.2 Å². The number of ether oxygens (including phenoxy) is 1. The molecular weight excluding hydrogens is 873 g/mol. The van der Waals surface area contributed by atoms with Crippen LogP contribution in [0.15, 0.2) is 48.5 Å². The summed E-state index contributed by atoms with van der Waals surface area (Å²) in [5.41, 5.74) is 6.31. The van der Waals surface area contributed by atoms with Crippen molar-refractivity contribution in [1.29, 1.82) is 0 Å². The second-order valence-electron chi connectivity index (χ2n) is 15.3. The molecule has 12 N–H and O–H groups in total. The first-order valence-corrected chi connectivity index (χ1v) is 21.1. The molecule has 8 amide bonds. The fourth-order valence-corrected chi connectivity index (χ4v) is 6.23. The third-order valence-corrected chi connectivity index (χ3v) is 9.93. The minimum atomic E-state index is -1.53. The highest BCUT2D eigenvalue weighted by Crippen LogP contribution is 2.14. The van der Waals surface area contributed by atoms with E-state index in [0.29, 0.717) is 11.3 Å². The molecule has 0 aliphatic heterocycles. The Balaban J connectivity index is 2.18. The Morgan fingerprint density at radius 1 is 0.631 bits per heavy atom. The molecule has 0 unspecified atom stereocenters. The summed E-state index contributed by atoms with van der Waals surface area (Å²) in [7, 11) is 1.46. The highest BCUT2D eigenvalue weighted by atomic mass is 32.1. The summed E-state index contributed by atoms with van der Waals surface area (Å²) in [6, 6.07) is 3.95. The molecule has 0 saturated heterocycles. The SMILES string of the molecule is COc1ccc(C(=O)N[C@@H](C)C(=O)NCC(=O)N[C@@H](CCC(=O)O)C(=O)N[C@@H](CS)C(=O)N[C@@H](CC(C)C)C(=O)N[C@@H](CCc2ccc(O)cc2)C(=O)N[C@@H](CCC(=O)O)C(N)=O)cc1. The number of carbonyl (C=O) groups is 10. The summed E-state index contributed by atoms with van der Waals surface area (Å²) >= 11 is 4.17. The van der Waals surface area contributed by atoms with Crippen molar-refractivity contribution in [1.82, 2.24) is 37.2 Å². The van der Waals surface area contributed by atoms with E-state index in [4.69, 9.17) is 15.6 Å². The number of hydrogen-bond acceptors (Lipinski definition) is 13. The van der Waals surface area contributed by atoms with Gasteiger partial charge in [0.2, 0.25) is 41.4 Å². The first-order chi connectivity index (χ1) is 30.6. The van der Waals surface area contributed by atoms with Crippen LogP contribution in [0.1, 0.15) is 75.2 Å². The molecule has 23 heteroatoms. The van der Waals surface area contributed by atoms with Gasteiger partial charge in [-0.25, -0.2) is 0 Å². The second kappa shape index (κ2) is 27.3. The van der Waals surface area contributed by atoms with Crippen LogP contribution in [0.5, 0.6) is 11.5 Å². The fourth-order valence-electron chi connectivity index (χ4n) is 5.97. The molecule has 0 saturated carbocycles. The number of amides is 8. The van der Waals surface area contributed by atoms with Crippen LogP contribution < -0.4 is 47.7 Å². The van der Waals surface area contributed by atoms with Gasteiger partial charge in [0.05, 0.1) is 13.7 Å². The molecule has 65 heavy (non-hydrogen) atoms. The van der Waals surface area contributed by atoms with Crippen LogP contribution in [-0.2, 0) is 49.6 Å². The topological polar surface area (TPSA) is 351 Å². The summed E-state index contributed by atoms with van der Waals surface area (Å²) in [4.78, 5) is 127. The largest absolute Gasteiger partial charge is 0.508 e. The molecule has 2 aromatic carbocycles. The Kier molecular flexibility index (Phi) is 22.8. The Labute approximate surface area is 380 Å². The van der Waals surface area contributed by atoms with Crippen LogP contribution >= 0.6 is 12.6 Å². The molecular formula is C42H58N8O14S. The van der Waals surface area contributed by atoms with E-state index in [1.165, 1.54) is 38.3 Å². The van der Waals surface area contributed by atoms with E-state index in [1.54, 1.807) is 38.1 Å². The number of aliphatic carboxylic acids is 2. The zero-order valence-electron chi connectivity index (χ0n) is 36.4. The second-order valence-corrected chi connectivity index (χ2v) is 15.7. The quantitative estimate of drug-likeness (QED) is 0.0450. The monoisotopic (exact) mass is 930 g/mol. The van der Waals surface area contributed by atoms with Crippen LogP contribution in [0.3, 0.4) is 0 Å². The number of nitrogens with two attached hydrogens (primary N) is 1. The van der Waals surface area contributed by atoms with Crippen molar-refractivity contribution in [3.05, 3.63) is 59.7 Å². The van der Waals surface area contributed by atoms with Gasteiger partial charge in [-0.1, -0.05) is 26.0 Å². The minimum Gasteiger partial charge on any atom is -0.508 e. The van der Waals surface area contributed by atoms with E-state index in [1.807, 2.05) is 0 Å². The summed E-state index contributed by atoms with van der Waals surface area (Å²) in [6.07, 6.45) is -1.71. The third-order valence-electron chi connectivity index (χ3n) is 9.57. The molecule has 0 heterocycles. The molecule has 6 atom stereocenters. The first-order valence-electron chi connectivity index (χ1n) is 20.5. The van der Waals surface area contributed by atoms with Gasteiger partial charge in [-0.15, -0.1) is 0 Å². The van der Waals surface area contributed by atoms with Crippen molar-refractivity contribution in [2.75, 3.05) is 19.4 Å². The number of rotatable bonds is 28. The number of thiol groups is 1. The number of carboxylic acids is 2. The normalized spacial score (nSPS) is 13.6. The van der Waals surface area contributed by atoms with Gasteiger partial charge in [-0.05, 0) is 86.9 Å². The number of hydrogen-bond donors (Lipinski definition) is 12. The number of methoxy groups -OCH3 is 1. The maximum Gasteiger partial charge on any atom is 0.303 e. The number of phenols is 1. The number of phenolic OH excluding ortho intramolecular Hbond substituents is 1. The summed E-state index contributed by atoms with van der Waals surface area (Å²) in [5, 5.41) is 45.1. The highest BCUT2D eigenvalue weighted by Gasteiger charge is 2.33. The molecule has 0 spiro atoms. The number of primary amides is 1. The number of nitrogens with one attached hydrogen (secondary N) is 7. The summed E-state index contributed by atoms with van der Waals surface area (Å²) in [5.74, 6) is -9.49. The van der Waals surface area contributed by atoms with Gasteiger partial charge >= 0.3 is 11.9 Å². The number of aryl methyl sites for hydroxylation is 1. The fraction of sp³-hybridized carbons (Fsp3) is 0.476. The molecule has 0 fully saturated rings. The van der Waals surface area contributed by atoms with Crippen molar-refractivity contribution in [3.8, 4) is 11.5 Å². The third kappa shape index (κ3) is 20.0. The van der Waals surface area contributed by atoms with Crippen LogP contribution in [0.2, 0.25) is 0 Å². The Morgan fingerprint density at radius 2 is 1.12 bits per heavy atom. The van der Waals surface area contributed by atoms with Gasteiger partial charge in [0, 0.05) is 24.2 Å². The lowest BCUT2D eigenvalue weighted by atomic mass is 10.00. The van der Waals surface area contributed by atoms with E-state index < -0.39 is 121 Å². The van der Waals surface area contributed by atoms with Gasteiger partial charge in [-0.3, -0.25) is 47.9 Å². The van der Waals surface area contributed by atoms with Crippen LogP contribution in [0, 0.1) is 5.92 Å². The van der Waals surface area contributed by atoms with E-state index in [2.05, 4.69) is 49.8 Å². The maximum absolute atomic E-state index is 13.8. The lowest BCUT2D eigenvalue weighted by Gasteiger charge is -2.27. The molecule has 0 aromatic heterocycles. The molecule has 2 rings (SSSR count). The number of benzene rings is 2. The predicted molar refractivity (Wildman–Crippen MR) is 235 cm³/mol. The zero-order chi connectivity index (χ0) is 48.8. The van der Waals surface area contributed by atoms with Crippen molar-refractivity contribution >= 4 is 71.8 Å². The van der Waals surface area contributed by atoms with Crippen LogP contribution in [0.25, 0.3) is 0 Å². The summed E-state index contributed by atoms with van der Waals surface area (Å²) in [6.45, 7) is 4.19. The van der Waals surface area contributed by atoms with Gasteiger partial charge < -0.3 is 63.0 Å². The Morgan fingerprint density at radius 3 is 1.65 bits per heavy atom. The first kappa shape index (κ1) is 54.2. The number of carbonyl (C=O) groups excluding carboxylic acids is 8. The van der Waals surface area contributed by atoms with Crippen molar-refractivity contribution < 1.29 is 68.0 Å². The summed E-state index contributed by atoms with van der Waals surface area (Å²) < 4.78 is 5.06. The number of aromatic hydroxyl groups is 1. The molecule has 0 aliphatic rings. The van der Waals surface area contributed by atoms with Gasteiger partial charge in [0.1, 0.15) is 47.8 Å². The average molecular weight is 931 g/mol. The molecule has 0 aliphatic carbocycles. The predicted octanol–water partition coefficient (Wildman–Crippen LogP) is -1.12. The highest BCUT2D eigenvalue weighted by molar-refractivity contribution is 7.80. The van der Waals surface area contributed by atoms with Gasteiger partial charge in [0.15, 0.2) is 0 Å². The molecule has 2 aromatic rings.